The molecule has 3 N–H and O–H groups in total. The van der Waals surface area contributed by atoms with Gasteiger partial charge in [-0.25, -0.2) is 15.4 Å². The first-order chi connectivity index (χ1) is 8.27. The third-order valence-electron chi connectivity index (χ3n) is 2.91. The van der Waals surface area contributed by atoms with E-state index in [4.69, 9.17) is 5.84 Å². The molecule has 1 aromatic heterocycles. The average molecular weight is 236 g/mol. The highest BCUT2D eigenvalue weighted by Crippen LogP contribution is 2.16. The Hall–Kier alpha value is -1.00. The molecule has 1 rings (SSSR count). The second kappa shape index (κ2) is 8.14. The zero-order valence-corrected chi connectivity index (χ0v) is 10.9. The summed E-state index contributed by atoms with van der Waals surface area (Å²) in [4.78, 5) is 8.62. The monoisotopic (exact) mass is 236 g/mol. The second-order valence-corrected chi connectivity index (χ2v) is 4.54. The molecule has 4 nitrogen and oxygen atoms in total. The van der Waals surface area contributed by atoms with Crippen LogP contribution in [0.4, 0.5) is 0 Å². The minimum Gasteiger partial charge on any atom is -0.271 e. The van der Waals surface area contributed by atoms with E-state index >= 15 is 0 Å². The Balaban J connectivity index is 2.35. The van der Waals surface area contributed by atoms with Gasteiger partial charge in [-0.05, 0) is 18.9 Å². The van der Waals surface area contributed by atoms with Crippen LogP contribution in [-0.4, -0.2) is 9.97 Å². The molecule has 0 radical (unpaired) electrons. The SMILES string of the molecule is CCCCCCCC(NN)c1ncc(C)cn1. The molecule has 96 valence electrons. The lowest BCUT2D eigenvalue weighted by Crippen LogP contribution is -2.29. The fraction of sp³-hybridized carbons (Fsp3) is 0.692. The summed E-state index contributed by atoms with van der Waals surface area (Å²) in [5, 5.41) is 0. The Bertz CT molecular complexity index is 297. The number of nitrogens with one attached hydrogen (secondary N) is 1. The average Bonchev–Trinajstić information content (AvgIpc) is 2.35. The van der Waals surface area contributed by atoms with Crippen molar-refractivity contribution in [3.8, 4) is 0 Å². The molecule has 1 heterocycles. The van der Waals surface area contributed by atoms with Gasteiger partial charge in [-0.15, -0.1) is 0 Å². The van der Waals surface area contributed by atoms with E-state index < -0.39 is 0 Å². The maximum atomic E-state index is 5.55. The van der Waals surface area contributed by atoms with Crippen LogP contribution in [0.15, 0.2) is 12.4 Å². The molecule has 0 aliphatic carbocycles. The molecule has 1 unspecified atom stereocenters. The van der Waals surface area contributed by atoms with Gasteiger partial charge in [-0.3, -0.25) is 5.84 Å². The molecule has 0 aliphatic heterocycles. The highest BCUT2D eigenvalue weighted by Gasteiger charge is 2.11. The Kier molecular flexibility index (Phi) is 6.74. The van der Waals surface area contributed by atoms with Gasteiger partial charge in [0.1, 0.15) is 5.82 Å². The Labute approximate surface area is 104 Å². The van der Waals surface area contributed by atoms with E-state index in [1.165, 1.54) is 32.1 Å². The molecule has 0 fully saturated rings. The predicted octanol–water partition coefficient (Wildman–Crippen LogP) is 2.65. The molecule has 0 amide bonds. The van der Waals surface area contributed by atoms with Gasteiger partial charge in [0.05, 0.1) is 6.04 Å². The van der Waals surface area contributed by atoms with Crippen molar-refractivity contribution in [3.63, 3.8) is 0 Å². The summed E-state index contributed by atoms with van der Waals surface area (Å²) in [6, 6.07) is 0.0808. The highest BCUT2D eigenvalue weighted by molar-refractivity contribution is 5.04. The van der Waals surface area contributed by atoms with E-state index in [0.29, 0.717) is 0 Å². The molecule has 0 spiro atoms. The zero-order valence-electron chi connectivity index (χ0n) is 10.9. The molecule has 4 heteroatoms. The fourth-order valence-corrected chi connectivity index (χ4v) is 1.82. The smallest absolute Gasteiger partial charge is 0.146 e. The van der Waals surface area contributed by atoms with E-state index in [1.54, 1.807) is 0 Å². The predicted molar refractivity (Wildman–Crippen MR) is 70.2 cm³/mol. The molecule has 0 aromatic carbocycles. The van der Waals surface area contributed by atoms with Crippen LogP contribution in [0.5, 0.6) is 0 Å². The van der Waals surface area contributed by atoms with E-state index in [1.807, 2.05) is 19.3 Å². The fourth-order valence-electron chi connectivity index (χ4n) is 1.82. The number of rotatable bonds is 8. The summed E-state index contributed by atoms with van der Waals surface area (Å²) in [6.07, 6.45) is 11.0. The maximum absolute atomic E-state index is 5.55. The molecule has 17 heavy (non-hydrogen) atoms. The van der Waals surface area contributed by atoms with Crippen LogP contribution < -0.4 is 11.3 Å². The molecule has 0 bridgehead atoms. The largest absolute Gasteiger partial charge is 0.271 e. The Morgan fingerprint density at radius 2 is 1.82 bits per heavy atom. The Morgan fingerprint density at radius 3 is 2.41 bits per heavy atom. The van der Waals surface area contributed by atoms with Crippen molar-refractivity contribution in [1.82, 2.24) is 15.4 Å². The van der Waals surface area contributed by atoms with Crippen LogP contribution in [-0.2, 0) is 0 Å². The van der Waals surface area contributed by atoms with Gasteiger partial charge in [-0.2, -0.15) is 0 Å². The first kappa shape index (κ1) is 14.1. The van der Waals surface area contributed by atoms with E-state index in [9.17, 15) is 0 Å². The minimum atomic E-state index is 0.0808. The van der Waals surface area contributed by atoms with Gasteiger partial charge < -0.3 is 0 Å². The van der Waals surface area contributed by atoms with Crippen molar-refractivity contribution < 1.29 is 0 Å². The van der Waals surface area contributed by atoms with Gasteiger partial charge in [0, 0.05) is 12.4 Å². The van der Waals surface area contributed by atoms with Crippen LogP contribution in [0, 0.1) is 6.92 Å². The summed E-state index contributed by atoms with van der Waals surface area (Å²) in [5.74, 6) is 6.35. The number of aromatic nitrogens is 2. The number of hydrogen-bond acceptors (Lipinski definition) is 4. The van der Waals surface area contributed by atoms with Gasteiger partial charge in [-0.1, -0.05) is 39.0 Å². The summed E-state index contributed by atoms with van der Waals surface area (Å²) in [6.45, 7) is 4.21. The normalized spacial score (nSPS) is 12.6. The summed E-state index contributed by atoms with van der Waals surface area (Å²) < 4.78 is 0. The van der Waals surface area contributed by atoms with Crippen LogP contribution in [0.1, 0.15) is 62.9 Å². The molecule has 1 aromatic rings. The molecule has 0 saturated heterocycles. The molecule has 1 atom stereocenters. The van der Waals surface area contributed by atoms with Crippen LogP contribution in [0.3, 0.4) is 0 Å². The maximum Gasteiger partial charge on any atom is 0.146 e. The van der Waals surface area contributed by atoms with Crippen LogP contribution >= 0.6 is 0 Å². The van der Waals surface area contributed by atoms with Crippen molar-refractivity contribution in [2.24, 2.45) is 5.84 Å². The zero-order chi connectivity index (χ0) is 12.5. The molecule has 0 aliphatic rings. The molecular weight excluding hydrogens is 212 g/mol. The first-order valence-corrected chi connectivity index (χ1v) is 6.52. The number of aryl methyl sites for hydroxylation is 1. The number of hydrazine groups is 1. The Morgan fingerprint density at radius 1 is 1.18 bits per heavy atom. The van der Waals surface area contributed by atoms with Crippen LogP contribution in [0.25, 0.3) is 0 Å². The quantitative estimate of drug-likeness (QED) is 0.414. The summed E-state index contributed by atoms with van der Waals surface area (Å²) in [5.41, 5.74) is 3.88. The minimum absolute atomic E-state index is 0.0808. The molecule has 0 saturated carbocycles. The third-order valence-corrected chi connectivity index (χ3v) is 2.91. The lowest BCUT2D eigenvalue weighted by molar-refractivity contribution is 0.459. The summed E-state index contributed by atoms with van der Waals surface area (Å²) >= 11 is 0. The topological polar surface area (TPSA) is 63.8 Å². The van der Waals surface area contributed by atoms with Crippen molar-refractivity contribution in [3.05, 3.63) is 23.8 Å². The van der Waals surface area contributed by atoms with Crippen molar-refractivity contribution >= 4 is 0 Å². The standard InChI is InChI=1S/C13H24N4/c1-3-4-5-6-7-8-12(17-14)13-15-9-11(2)10-16-13/h9-10,12,17H,3-8,14H2,1-2H3. The van der Waals surface area contributed by atoms with Gasteiger partial charge in [0.2, 0.25) is 0 Å². The second-order valence-electron chi connectivity index (χ2n) is 4.54. The van der Waals surface area contributed by atoms with Gasteiger partial charge in [0.25, 0.3) is 0 Å². The van der Waals surface area contributed by atoms with Gasteiger partial charge >= 0.3 is 0 Å². The lowest BCUT2D eigenvalue weighted by atomic mass is 10.1. The first-order valence-electron chi connectivity index (χ1n) is 6.52. The lowest BCUT2D eigenvalue weighted by Gasteiger charge is -2.14. The van der Waals surface area contributed by atoms with Crippen molar-refractivity contribution in [2.45, 2.75) is 58.4 Å². The highest BCUT2D eigenvalue weighted by atomic mass is 15.2. The van der Waals surface area contributed by atoms with Crippen LogP contribution in [0.2, 0.25) is 0 Å². The summed E-state index contributed by atoms with van der Waals surface area (Å²) in [7, 11) is 0. The van der Waals surface area contributed by atoms with E-state index in [-0.39, 0.29) is 6.04 Å². The number of nitrogens with two attached hydrogens (primary N) is 1. The number of nitrogens with zero attached hydrogens (tertiary/aromatic N) is 2. The van der Waals surface area contributed by atoms with E-state index in [0.717, 1.165) is 17.8 Å². The van der Waals surface area contributed by atoms with Crippen molar-refractivity contribution in [1.29, 1.82) is 0 Å². The molecular formula is C13H24N4. The number of unbranched alkanes of at least 4 members (excludes halogenated alkanes) is 4. The third kappa shape index (κ3) is 5.24. The van der Waals surface area contributed by atoms with Crippen molar-refractivity contribution in [2.75, 3.05) is 0 Å². The number of hydrogen-bond donors (Lipinski definition) is 2. The van der Waals surface area contributed by atoms with E-state index in [2.05, 4.69) is 22.3 Å². The van der Waals surface area contributed by atoms with Gasteiger partial charge in [0.15, 0.2) is 0 Å².